The molecule has 1 aromatic heterocycles. The molecule has 1 unspecified atom stereocenters. The number of aliphatic imine (C=N–C) groups is 1. The van der Waals surface area contributed by atoms with E-state index >= 15 is 0 Å². The molecule has 0 bridgehead atoms. The summed E-state index contributed by atoms with van der Waals surface area (Å²) in [6.07, 6.45) is -5.05. The standard InChI is InChI=1S/C26H28ClF4N5O2/c1-5-20(37)34-10-11-35(15(2)13-34)23-17-12-18(27)21(16-8-6-7-9-19(16)28)32-22(17)36(24(38)33-23)14-25(3,4)26(29,30)31/h5-9,12,15,24,38H,1,10-11,13-14H2,2-4H3/t15-,24?/m0/s1. The summed E-state index contributed by atoms with van der Waals surface area (Å²) in [4.78, 5) is 25.5. The molecule has 0 saturated carbocycles. The Morgan fingerprint density at radius 2 is 1.92 bits per heavy atom. The molecule has 2 atom stereocenters. The van der Waals surface area contributed by atoms with E-state index in [0.29, 0.717) is 25.2 Å². The van der Waals surface area contributed by atoms with Crippen molar-refractivity contribution in [3.63, 3.8) is 0 Å². The van der Waals surface area contributed by atoms with Gasteiger partial charge in [0.15, 0.2) is 0 Å². The number of amidine groups is 1. The lowest BCUT2D eigenvalue weighted by atomic mass is 9.91. The lowest BCUT2D eigenvalue weighted by molar-refractivity contribution is -0.208. The minimum absolute atomic E-state index is 0.000671. The number of amides is 1. The van der Waals surface area contributed by atoms with Gasteiger partial charge in [-0.05, 0) is 45.0 Å². The van der Waals surface area contributed by atoms with Crippen LogP contribution in [0.5, 0.6) is 0 Å². The summed E-state index contributed by atoms with van der Waals surface area (Å²) < 4.78 is 56.1. The van der Waals surface area contributed by atoms with Crippen molar-refractivity contribution in [2.75, 3.05) is 31.1 Å². The van der Waals surface area contributed by atoms with E-state index in [0.717, 1.165) is 18.7 Å². The van der Waals surface area contributed by atoms with Gasteiger partial charge in [-0.1, -0.05) is 30.3 Å². The van der Waals surface area contributed by atoms with Crippen LogP contribution in [-0.4, -0.2) is 76.4 Å². The summed E-state index contributed by atoms with van der Waals surface area (Å²) in [7, 11) is 0. The molecule has 12 heteroatoms. The van der Waals surface area contributed by atoms with Gasteiger partial charge in [0, 0.05) is 37.8 Å². The number of carbonyl (C=O) groups excluding carboxylic acids is 1. The number of fused-ring (bicyclic) bond motifs is 1. The number of pyridine rings is 1. The van der Waals surface area contributed by atoms with Crippen molar-refractivity contribution in [2.24, 2.45) is 10.4 Å². The van der Waals surface area contributed by atoms with Crippen molar-refractivity contribution < 1.29 is 27.5 Å². The number of hydrogen-bond donors (Lipinski definition) is 1. The molecular weight excluding hydrogens is 526 g/mol. The maximum Gasteiger partial charge on any atom is 0.395 e. The number of aliphatic hydroxyl groups is 1. The predicted octanol–water partition coefficient (Wildman–Crippen LogP) is 4.69. The zero-order chi connectivity index (χ0) is 28.0. The Morgan fingerprint density at radius 3 is 2.53 bits per heavy atom. The number of hydrogen-bond acceptors (Lipinski definition) is 6. The number of carbonyl (C=O) groups is 1. The molecule has 1 N–H and O–H groups in total. The lowest BCUT2D eigenvalue weighted by Crippen LogP contribution is -2.57. The fourth-order valence-electron chi connectivity index (χ4n) is 4.57. The van der Waals surface area contributed by atoms with Crippen molar-refractivity contribution in [3.8, 4) is 11.3 Å². The number of anilines is 1. The average Bonchev–Trinajstić information content (AvgIpc) is 2.84. The van der Waals surface area contributed by atoms with E-state index < -0.39 is 30.3 Å². The zero-order valence-electron chi connectivity index (χ0n) is 21.1. The lowest BCUT2D eigenvalue weighted by Gasteiger charge is -2.45. The minimum Gasteiger partial charge on any atom is -0.355 e. The molecule has 0 radical (unpaired) electrons. The van der Waals surface area contributed by atoms with Crippen LogP contribution in [0.1, 0.15) is 26.3 Å². The SMILES string of the molecule is C=CC(=O)N1CCN(C2=NC(O)N(CC(C)(C)C(F)(F)F)c3nc(-c4ccccc4F)c(Cl)cc32)[C@@H](C)C1. The molecule has 3 heterocycles. The normalized spacial score (nSPS) is 20.2. The van der Waals surface area contributed by atoms with Crippen molar-refractivity contribution >= 4 is 29.2 Å². The zero-order valence-corrected chi connectivity index (χ0v) is 21.9. The number of piperazine rings is 1. The van der Waals surface area contributed by atoms with Gasteiger partial charge >= 0.3 is 6.18 Å². The first-order valence-corrected chi connectivity index (χ1v) is 12.4. The Bertz CT molecular complexity index is 1280. The van der Waals surface area contributed by atoms with Crippen LogP contribution in [-0.2, 0) is 4.79 Å². The van der Waals surface area contributed by atoms with Crippen LogP contribution in [0, 0.1) is 11.2 Å². The Hall–Kier alpha value is -3.18. The molecule has 38 heavy (non-hydrogen) atoms. The first kappa shape index (κ1) is 27.8. The van der Waals surface area contributed by atoms with Crippen LogP contribution in [0.2, 0.25) is 5.02 Å². The molecule has 2 aromatic rings. The maximum atomic E-state index is 14.7. The number of benzene rings is 1. The Morgan fingerprint density at radius 1 is 1.24 bits per heavy atom. The summed E-state index contributed by atoms with van der Waals surface area (Å²) in [5, 5.41) is 11.1. The second kappa shape index (κ2) is 10.2. The van der Waals surface area contributed by atoms with Gasteiger partial charge in [0.25, 0.3) is 0 Å². The molecular formula is C26H28ClF4N5O2. The van der Waals surface area contributed by atoms with E-state index in [9.17, 15) is 27.5 Å². The number of rotatable bonds is 4. The van der Waals surface area contributed by atoms with E-state index in [1.54, 1.807) is 11.0 Å². The third kappa shape index (κ3) is 5.09. The van der Waals surface area contributed by atoms with Gasteiger partial charge in [-0.3, -0.25) is 4.79 Å². The third-order valence-electron chi connectivity index (χ3n) is 6.83. The number of alkyl halides is 3. The van der Waals surface area contributed by atoms with Gasteiger partial charge < -0.3 is 19.8 Å². The average molecular weight is 554 g/mol. The summed E-state index contributed by atoms with van der Waals surface area (Å²) in [5.74, 6) is -0.547. The van der Waals surface area contributed by atoms with E-state index in [4.69, 9.17) is 11.6 Å². The monoisotopic (exact) mass is 553 g/mol. The van der Waals surface area contributed by atoms with Crippen molar-refractivity contribution in [2.45, 2.75) is 39.3 Å². The molecule has 0 spiro atoms. The van der Waals surface area contributed by atoms with Crippen LogP contribution in [0.15, 0.2) is 48.0 Å². The molecule has 204 valence electrons. The van der Waals surface area contributed by atoms with Gasteiger partial charge in [-0.2, -0.15) is 13.2 Å². The molecule has 2 aliphatic rings. The van der Waals surface area contributed by atoms with Gasteiger partial charge in [0.1, 0.15) is 17.5 Å². The Labute approximate surface area is 223 Å². The van der Waals surface area contributed by atoms with Crippen LogP contribution >= 0.6 is 11.6 Å². The molecule has 7 nitrogen and oxygen atoms in total. The molecule has 1 amide bonds. The highest BCUT2D eigenvalue weighted by Crippen LogP contribution is 2.42. The smallest absolute Gasteiger partial charge is 0.355 e. The second-order valence-corrected chi connectivity index (χ2v) is 10.4. The number of halogens is 5. The van der Waals surface area contributed by atoms with Crippen LogP contribution in [0.4, 0.5) is 23.4 Å². The van der Waals surface area contributed by atoms with Gasteiger partial charge in [0.2, 0.25) is 12.3 Å². The molecule has 1 saturated heterocycles. The molecule has 2 aliphatic heterocycles. The van der Waals surface area contributed by atoms with Gasteiger partial charge in [-0.15, -0.1) is 0 Å². The first-order valence-electron chi connectivity index (χ1n) is 12.0. The highest BCUT2D eigenvalue weighted by molar-refractivity contribution is 6.33. The summed E-state index contributed by atoms with van der Waals surface area (Å²) >= 11 is 6.55. The Balaban J connectivity index is 1.83. The summed E-state index contributed by atoms with van der Waals surface area (Å²) in [6.45, 7) is 7.78. The maximum absolute atomic E-state index is 14.7. The predicted molar refractivity (Wildman–Crippen MR) is 137 cm³/mol. The van der Waals surface area contributed by atoms with Crippen molar-refractivity contribution in [1.82, 2.24) is 14.8 Å². The molecule has 4 rings (SSSR count). The van der Waals surface area contributed by atoms with Gasteiger partial charge in [0.05, 0.1) is 21.7 Å². The summed E-state index contributed by atoms with van der Waals surface area (Å²) in [5.41, 5.74) is -1.84. The van der Waals surface area contributed by atoms with Crippen LogP contribution in [0.3, 0.4) is 0 Å². The minimum atomic E-state index is -4.58. The van der Waals surface area contributed by atoms with E-state index in [1.165, 1.54) is 30.3 Å². The number of aliphatic hydroxyl groups excluding tert-OH is 1. The van der Waals surface area contributed by atoms with Crippen molar-refractivity contribution in [1.29, 1.82) is 0 Å². The van der Waals surface area contributed by atoms with E-state index in [-0.39, 0.29) is 39.9 Å². The molecule has 1 aromatic carbocycles. The second-order valence-electron chi connectivity index (χ2n) is 10.0. The summed E-state index contributed by atoms with van der Waals surface area (Å²) in [6, 6.07) is 7.01. The quantitative estimate of drug-likeness (QED) is 0.439. The van der Waals surface area contributed by atoms with Gasteiger partial charge in [-0.25, -0.2) is 14.4 Å². The molecule has 0 aliphatic carbocycles. The topological polar surface area (TPSA) is 72.3 Å². The van der Waals surface area contributed by atoms with Crippen LogP contribution < -0.4 is 4.90 Å². The Kier molecular flexibility index (Phi) is 7.46. The highest BCUT2D eigenvalue weighted by atomic mass is 35.5. The van der Waals surface area contributed by atoms with Crippen LogP contribution in [0.25, 0.3) is 11.3 Å². The fraction of sp³-hybridized carbons (Fsp3) is 0.423. The number of nitrogens with zero attached hydrogens (tertiary/aromatic N) is 5. The third-order valence-corrected chi connectivity index (χ3v) is 7.12. The number of aromatic nitrogens is 1. The van der Waals surface area contributed by atoms with Crippen molar-refractivity contribution in [3.05, 3.63) is 59.4 Å². The molecule has 1 fully saturated rings. The first-order chi connectivity index (χ1) is 17.7. The van der Waals surface area contributed by atoms with E-state index in [1.807, 2.05) is 11.8 Å². The largest absolute Gasteiger partial charge is 0.395 e. The highest BCUT2D eigenvalue weighted by Gasteiger charge is 2.50. The fourth-order valence-corrected chi connectivity index (χ4v) is 4.82. The van der Waals surface area contributed by atoms with E-state index in [2.05, 4.69) is 16.6 Å².